The van der Waals surface area contributed by atoms with Gasteiger partial charge in [-0.05, 0) is 28.5 Å². The lowest BCUT2D eigenvalue weighted by Gasteiger charge is -2.30. The first-order chi connectivity index (χ1) is 10.6. The standard InChI is InChI=1S/C17H27O6P/c1-11(18)23-15-13(16(2,3)4)8-12(10-22-24(19,20)21)9-14(15)17(5,6)7/h8-9H,10H2,1-7H3,(H2,19,20,21). The van der Waals surface area contributed by atoms with E-state index in [1.54, 1.807) is 12.1 Å². The Morgan fingerprint density at radius 1 is 1.04 bits per heavy atom. The molecule has 0 fully saturated rings. The van der Waals surface area contributed by atoms with Crippen molar-refractivity contribution >= 4 is 13.8 Å². The van der Waals surface area contributed by atoms with E-state index in [9.17, 15) is 9.36 Å². The van der Waals surface area contributed by atoms with Gasteiger partial charge in [0.05, 0.1) is 6.61 Å². The number of rotatable bonds is 4. The molecular weight excluding hydrogens is 331 g/mol. The molecule has 0 saturated carbocycles. The number of hydrogen-bond donors (Lipinski definition) is 2. The van der Waals surface area contributed by atoms with Crippen molar-refractivity contribution in [1.29, 1.82) is 0 Å². The van der Waals surface area contributed by atoms with Crippen molar-refractivity contribution in [3.05, 3.63) is 28.8 Å². The smallest absolute Gasteiger partial charge is 0.426 e. The Morgan fingerprint density at radius 3 is 1.75 bits per heavy atom. The molecular formula is C17H27O6P. The molecule has 0 aromatic heterocycles. The summed E-state index contributed by atoms with van der Waals surface area (Å²) >= 11 is 0. The van der Waals surface area contributed by atoms with Gasteiger partial charge in [-0.1, -0.05) is 41.5 Å². The molecule has 1 rings (SSSR count). The molecule has 0 radical (unpaired) electrons. The topological polar surface area (TPSA) is 93.1 Å². The molecule has 0 atom stereocenters. The normalized spacial score (nSPS) is 13.0. The monoisotopic (exact) mass is 358 g/mol. The molecule has 1 aromatic carbocycles. The fraction of sp³-hybridized carbons (Fsp3) is 0.588. The molecule has 2 N–H and O–H groups in total. The number of hydrogen-bond acceptors (Lipinski definition) is 4. The van der Waals surface area contributed by atoms with Crippen LogP contribution in [0.4, 0.5) is 0 Å². The summed E-state index contributed by atoms with van der Waals surface area (Å²) in [5.41, 5.74) is 1.53. The van der Waals surface area contributed by atoms with E-state index in [4.69, 9.17) is 14.5 Å². The molecule has 0 spiro atoms. The molecule has 0 saturated heterocycles. The number of carbonyl (C=O) groups excluding carboxylic acids is 1. The van der Waals surface area contributed by atoms with Crippen molar-refractivity contribution < 1.29 is 28.4 Å². The van der Waals surface area contributed by atoms with Crippen molar-refractivity contribution in [2.45, 2.75) is 65.9 Å². The van der Waals surface area contributed by atoms with E-state index < -0.39 is 13.8 Å². The Labute approximate surface area is 143 Å². The van der Waals surface area contributed by atoms with Crippen molar-refractivity contribution in [3.63, 3.8) is 0 Å². The first-order valence-corrected chi connectivity index (χ1v) is 9.20. The van der Waals surface area contributed by atoms with Crippen molar-refractivity contribution in [2.75, 3.05) is 0 Å². The van der Waals surface area contributed by atoms with Crippen LogP contribution in [0.3, 0.4) is 0 Å². The second kappa shape index (κ2) is 6.96. The van der Waals surface area contributed by atoms with Crippen LogP contribution in [0.5, 0.6) is 5.75 Å². The summed E-state index contributed by atoms with van der Waals surface area (Å²) in [5, 5.41) is 0. The molecule has 0 bridgehead atoms. The zero-order valence-electron chi connectivity index (χ0n) is 15.3. The summed E-state index contributed by atoms with van der Waals surface area (Å²) in [7, 11) is -4.56. The molecule has 24 heavy (non-hydrogen) atoms. The molecule has 0 heterocycles. The maximum absolute atomic E-state index is 11.6. The van der Waals surface area contributed by atoms with Crippen LogP contribution in [0.1, 0.15) is 65.2 Å². The zero-order chi connectivity index (χ0) is 18.9. The highest BCUT2D eigenvalue weighted by Gasteiger charge is 2.29. The lowest BCUT2D eigenvalue weighted by atomic mass is 9.78. The summed E-state index contributed by atoms with van der Waals surface area (Å²) in [4.78, 5) is 29.4. The van der Waals surface area contributed by atoms with Gasteiger partial charge in [-0.25, -0.2) is 4.57 Å². The minimum atomic E-state index is -4.56. The fourth-order valence-corrected chi connectivity index (χ4v) is 2.62. The lowest BCUT2D eigenvalue weighted by Crippen LogP contribution is -2.21. The van der Waals surface area contributed by atoms with E-state index in [0.29, 0.717) is 11.3 Å². The summed E-state index contributed by atoms with van der Waals surface area (Å²) in [6.45, 7) is 13.0. The molecule has 0 amide bonds. The fourth-order valence-electron chi connectivity index (χ4n) is 2.30. The van der Waals surface area contributed by atoms with Crippen molar-refractivity contribution in [1.82, 2.24) is 0 Å². The third-order valence-electron chi connectivity index (χ3n) is 3.41. The maximum atomic E-state index is 11.6. The average Bonchev–Trinajstić information content (AvgIpc) is 2.32. The highest BCUT2D eigenvalue weighted by Crippen LogP contribution is 2.42. The predicted molar refractivity (Wildman–Crippen MR) is 92.0 cm³/mol. The van der Waals surface area contributed by atoms with Gasteiger partial charge in [0.25, 0.3) is 0 Å². The lowest BCUT2D eigenvalue weighted by molar-refractivity contribution is -0.132. The SMILES string of the molecule is CC(=O)Oc1c(C(C)(C)C)cc(COP(=O)(O)O)cc1C(C)(C)C. The summed E-state index contributed by atoms with van der Waals surface area (Å²) < 4.78 is 21.1. The first kappa shape index (κ1) is 20.8. The van der Waals surface area contributed by atoms with E-state index in [1.807, 2.05) is 41.5 Å². The second-order valence-corrected chi connectivity index (χ2v) is 9.12. The third kappa shape index (κ3) is 6.02. The first-order valence-electron chi connectivity index (χ1n) is 7.67. The summed E-state index contributed by atoms with van der Waals surface area (Å²) in [6.07, 6.45) is 0. The minimum Gasteiger partial charge on any atom is -0.426 e. The van der Waals surface area contributed by atoms with Gasteiger partial charge in [0.1, 0.15) is 5.75 Å². The Hall–Kier alpha value is -1.20. The van der Waals surface area contributed by atoms with Gasteiger partial charge in [0.2, 0.25) is 0 Å². The van der Waals surface area contributed by atoms with Crippen LogP contribution in [-0.2, 0) is 31.3 Å². The highest BCUT2D eigenvalue weighted by atomic mass is 31.2. The molecule has 0 aliphatic carbocycles. The van der Waals surface area contributed by atoms with E-state index in [-0.39, 0.29) is 17.4 Å². The Kier molecular flexibility index (Phi) is 6.05. The van der Waals surface area contributed by atoms with E-state index in [1.165, 1.54) is 6.92 Å². The van der Waals surface area contributed by atoms with E-state index in [2.05, 4.69) is 4.52 Å². The van der Waals surface area contributed by atoms with Crippen LogP contribution in [0.15, 0.2) is 12.1 Å². The number of carbonyl (C=O) groups is 1. The summed E-state index contributed by atoms with van der Waals surface area (Å²) in [5.74, 6) is 0.0904. The van der Waals surface area contributed by atoms with Crippen LogP contribution < -0.4 is 4.74 Å². The maximum Gasteiger partial charge on any atom is 0.469 e. The molecule has 1 aromatic rings. The second-order valence-electron chi connectivity index (χ2n) is 7.88. The largest absolute Gasteiger partial charge is 0.469 e. The van der Waals surface area contributed by atoms with Crippen LogP contribution in [0.25, 0.3) is 0 Å². The third-order valence-corrected chi connectivity index (χ3v) is 3.88. The minimum absolute atomic E-state index is 0.225. The van der Waals surface area contributed by atoms with Gasteiger partial charge in [0.15, 0.2) is 0 Å². The van der Waals surface area contributed by atoms with Gasteiger partial charge in [-0.3, -0.25) is 9.32 Å². The Balaban J connectivity index is 3.57. The van der Waals surface area contributed by atoms with E-state index in [0.717, 1.165) is 11.1 Å². The zero-order valence-corrected chi connectivity index (χ0v) is 16.2. The van der Waals surface area contributed by atoms with E-state index >= 15 is 0 Å². The molecule has 7 heteroatoms. The number of ether oxygens (including phenoxy) is 1. The molecule has 0 unspecified atom stereocenters. The van der Waals surface area contributed by atoms with Crippen molar-refractivity contribution in [2.24, 2.45) is 0 Å². The van der Waals surface area contributed by atoms with Crippen LogP contribution >= 0.6 is 7.82 Å². The Morgan fingerprint density at radius 2 is 1.46 bits per heavy atom. The summed E-state index contributed by atoms with van der Waals surface area (Å²) in [6, 6.07) is 3.53. The van der Waals surface area contributed by atoms with Gasteiger partial charge >= 0.3 is 13.8 Å². The van der Waals surface area contributed by atoms with Crippen molar-refractivity contribution in [3.8, 4) is 5.75 Å². The highest BCUT2D eigenvalue weighted by molar-refractivity contribution is 7.46. The Bertz CT molecular complexity index is 626. The molecule has 0 aliphatic rings. The van der Waals surface area contributed by atoms with Crippen LogP contribution in [0.2, 0.25) is 0 Å². The number of esters is 1. The number of benzene rings is 1. The quantitative estimate of drug-likeness (QED) is 0.483. The predicted octanol–water partition coefficient (Wildman–Crippen LogP) is 3.82. The number of phosphoric ester groups is 1. The van der Waals surface area contributed by atoms with Crippen LogP contribution in [-0.4, -0.2) is 15.8 Å². The van der Waals surface area contributed by atoms with Gasteiger partial charge in [0, 0.05) is 18.1 Å². The molecule has 6 nitrogen and oxygen atoms in total. The average molecular weight is 358 g/mol. The van der Waals surface area contributed by atoms with Gasteiger partial charge in [-0.15, -0.1) is 0 Å². The number of phosphoric acid groups is 1. The molecule has 0 aliphatic heterocycles. The van der Waals surface area contributed by atoms with Gasteiger partial charge in [-0.2, -0.15) is 0 Å². The van der Waals surface area contributed by atoms with Crippen LogP contribution in [0, 0.1) is 0 Å². The van der Waals surface area contributed by atoms with Gasteiger partial charge < -0.3 is 14.5 Å². The molecule has 136 valence electrons.